The van der Waals surface area contributed by atoms with Crippen LogP contribution in [-0.2, 0) is 10.2 Å². The highest BCUT2D eigenvalue weighted by atomic mass is 35.5. The van der Waals surface area contributed by atoms with Crippen molar-refractivity contribution in [2.24, 2.45) is 0 Å². The van der Waals surface area contributed by atoms with E-state index < -0.39 is 11.3 Å². The van der Waals surface area contributed by atoms with Crippen molar-refractivity contribution in [3.8, 4) is 5.69 Å². The second-order valence-corrected chi connectivity index (χ2v) is 7.09. The van der Waals surface area contributed by atoms with Crippen LogP contribution >= 0.6 is 11.6 Å². The summed E-state index contributed by atoms with van der Waals surface area (Å²) >= 11 is 6.08. The van der Waals surface area contributed by atoms with E-state index in [1.54, 1.807) is 36.4 Å². The number of benzene rings is 2. The number of carbonyl (C=O) groups is 2. The Bertz CT molecular complexity index is 1000. The lowest BCUT2D eigenvalue weighted by molar-refractivity contribution is -0.130. The van der Waals surface area contributed by atoms with Crippen LogP contribution in [0.3, 0.4) is 0 Å². The number of halogens is 1. The molecule has 0 saturated heterocycles. The highest BCUT2D eigenvalue weighted by molar-refractivity contribution is 6.30. The van der Waals surface area contributed by atoms with Crippen molar-refractivity contribution in [2.75, 3.05) is 0 Å². The minimum absolute atomic E-state index is 0.236. The first-order chi connectivity index (χ1) is 13.6. The molecule has 4 rings (SSSR count). The Morgan fingerprint density at radius 3 is 2.46 bits per heavy atom. The minimum atomic E-state index is -0.651. The summed E-state index contributed by atoms with van der Waals surface area (Å²) in [5, 5.41) is 11.5. The molecule has 3 aromatic rings. The summed E-state index contributed by atoms with van der Waals surface area (Å²) < 4.78 is 1.48. The van der Waals surface area contributed by atoms with Gasteiger partial charge in [0.15, 0.2) is 0 Å². The monoisotopic (exact) mass is 396 g/mol. The summed E-state index contributed by atoms with van der Waals surface area (Å²) in [6, 6.07) is 14.0. The Kier molecular flexibility index (Phi) is 4.79. The van der Waals surface area contributed by atoms with Crippen LogP contribution in [0, 0.1) is 0 Å². The van der Waals surface area contributed by atoms with Crippen LogP contribution in [0.25, 0.3) is 5.69 Å². The number of nitrogens with one attached hydrogen (secondary N) is 2. The molecule has 9 heteroatoms. The first-order valence-corrected chi connectivity index (χ1v) is 9.17. The van der Waals surface area contributed by atoms with Gasteiger partial charge in [-0.05, 0) is 65.2 Å². The number of amides is 2. The predicted molar refractivity (Wildman–Crippen MR) is 102 cm³/mol. The predicted octanol–water partition coefficient (Wildman–Crippen LogP) is 2.20. The van der Waals surface area contributed by atoms with Crippen LogP contribution < -0.4 is 10.9 Å². The van der Waals surface area contributed by atoms with Crippen LogP contribution in [-0.4, -0.2) is 32.0 Å². The smallest absolute Gasteiger partial charge is 0.269 e. The van der Waals surface area contributed by atoms with Gasteiger partial charge in [0.25, 0.3) is 5.91 Å². The topological polar surface area (TPSA) is 102 Å². The maximum absolute atomic E-state index is 12.8. The minimum Gasteiger partial charge on any atom is -0.272 e. The Balaban J connectivity index is 1.42. The molecule has 1 aliphatic carbocycles. The molecule has 8 nitrogen and oxygen atoms in total. The van der Waals surface area contributed by atoms with E-state index in [1.807, 2.05) is 12.1 Å². The molecule has 28 heavy (non-hydrogen) atoms. The van der Waals surface area contributed by atoms with E-state index in [0.29, 0.717) is 10.6 Å². The van der Waals surface area contributed by atoms with Gasteiger partial charge in [0, 0.05) is 10.6 Å². The van der Waals surface area contributed by atoms with E-state index >= 15 is 0 Å². The van der Waals surface area contributed by atoms with Gasteiger partial charge < -0.3 is 0 Å². The molecule has 2 N–H and O–H groups in total. The molecule has 0 spiro atoms. The maximum atomic E-state index is 12.8. The Hall–Kier alpha value is -3.26. The average molecular weight is 397 g/mol. The van der Waals surface area contributed by atoms with E-state index in [2.05, 4.69) is 26.4 Å². The molecule has 2 aromatic carbocycles. The number of nitrogens with zero attached hydrogens (tertiary/aromatic N) is 4. The lowest BCUT2D eigenvalue weighted by Gasteiger charge is -2.40. The van der Waals surface area contributed by atoms with E-state index in [-0.39, 0.29) is 5.91 Å². The number of hydrazine groups is 1. The Morgan fingerprint density at radius 1 is 1.07 bits per heavy atom. The molecule has 0 atom stereocenters. The summed E-state index contributed by atoms with van der Waals surface area (Å²) in [4.78, 5) is 25.2. The molecular weight excluding hydrogens is 380 g/mol. The third kappa shape index (κ3) is 3.34. The van der Waals surface area contributed by atoms with Gasteiger partial charge in [-0.25, -0.2) is 4.68 Å². The molecule has 2 amide bonds. The summed E-state index contributed by atoms with van der Waals surface area (Å²) in [5.41, 5.74) is 6.40. The van der Waals surface area contributed by atoms with Crippen molar-refractivity contribution in [2.45, 2.75) is 24.7 Å². The van der Waals surface area contributed by atoms with Gasteiger partial charge >= 0.3 is 0 Å². The summed E-state index contributed by atoms with van der Waals surface area (Å²) in [6.07, 6.45) is 3.85. The van der Waals surface area contributed by atoms with Gasteiger partial charge in [-0.1, -0.05) is 30.2 Å². The molecule has 1 aromatic heterocycles. The first-order valence-electron chi connectivity index (χ1n) is 8.79. The fourth-order valence-corrected chi connectivity index (χ4v) is 3.50. The summed E-state index contributed by atoms with van der Waals surface area (Å²) in [6.45, 7) is 0. The average Bonchev–Trinajstić information content (AvgIpc) is 3.20. The molecule has 0 radical (unpaired) electrons. The van der Waals surface area contributed by atoms with Gasteiger partial charge in [-0.3, -0.25) is 20.4 Å². The zero-order chi connectivity index (χ0) is 19.6. The van der Waals surface area contributed by atoms with Crippen LogP contribution in [0.5, 0.6) is 0 Å². The molecule has 1 saturated carbocycles. The molecule has 1 fully saturated rings. The lowest BCUT2D eigenvalue weighted by Crippen LogP contribution is -2.54. The molecule has 0 aliphatic heterocycles. The number of tetrazole rings is 1. The maximum Gasteiger partial charge on any atom is 0.269 e. The van der Waals surface area contributed by atoms with Crippen LogP contribution in [0.1, 0.15) is 35.2 Å². The van der Waals surface area contributed by atoms with Gasteiger partial charge in [-0.15, -0.1) is 5.10 Å². The quantitative estimate of drug-likeness (QED) is 0.658. The van der Waals surface area contributed by atoms with Crippen LogP contribution in [0.15, 0.2) is 54.9 Å². The zero-order valence-corrected chi connectivity index (χ0v) is 15.6. The van der Waals surface area contributed by atoms with Gasteiger partial charge in [0.05, 0.1) is 11.1 Å². The van der Waals surface area contributed by atoms with Crippen LogP contribution in [0.2, 0.25) is 5.02 Å². The van der Waals surface area contributed by atoms with E-state index in [9.17, 15) is 9.59 Å². The highest BCUT2D eigenvalue weighted by Gasteiger charge is 2.45. The largest absolute Gasteiger partial charge is 0.272 e. The molecule has 142 valence electrons. The summed E-state index contributed by atoms with van der Waals surface area (Å²) in [5.74, 6) is -0.642. The SMILES string of the molecule is O=C(NNC(=O)C1(c2cccc(Cl)c2)CCC1)c1ccc(-n2cnnn2)cc1. The standard InChI is InChI=1S/C19H17ClN6O2/c20-15-4-1-3-14(11-15)19(9-2-10-19)18(28)23-22-17(27)13-5-7-16(8-6-13)26-12-21-24-25-26/h1,3-8,11-12H,2,9-10H2,(H,22,27)(H,23,28). The van der Waals surface area contributed by atoms with E-state index in [4.69, 9.17) is 11.6 Å². The second-order valence-electron chi connectivity index (χ2n) is 6.66. The van der Waals surface area contributed by atoms with Gasteiger partial charge in [0.2, 0.25) is 5.91 Å². The lowest BCUT2D eigenvalue weighted by atomic mass is 9.64. The van der Waals surface area contributed by atoms with Crippen molar-refractivity contribution in [1.82, 2.24) is 31.1 Å². The molecular formula is C19H17ClN6O2. The number of aromatic nitrogens is 4. The first kappa shape index (κ1) is 18.1. The van der Waals surface area contributed by atoms with Gasteiger partial charge in [-0.2, -0.15) is 0 Å². The summed E-state index contributed by atoms with van der Waals surface area (Å²) in [7, 11) is 0. The molecule has 0 bridgehead atoms. The van der Waals surface area contributed by atoms with Crippen molar-refractivity contribution in [1.29, 1.82) is 0 Å². The number of carbonyl (C=O) groups excluding carboxylic acids is 2. The van der Waals surface area contributed by atoms with Crippen molar-refractivity contribution in [3.05, 3.63) is 71.0 Å². The Labute approximate surface area is 165 Å². The number of rotatable bonds is 4. The van der Waals surface area contributed by atoms with Crippen molar-refractivity contribution < 1.29 is 9.59 Å². The Morgan fingerprint density at radius 2 is 1.86 bits per heavy atom. The van der Waals surface area contributed by atoms with E-state index in [0.717, 1.165) is 30.5 Å². The second kappa shape index (κ2) is 7.40. The molecule has 1 heterocycles. The third-order valence-corrected chi connectivity index (χ3v) is 5.29. The molecule has 0 unspecified atom stereocenters. The zero-order valence-electron chi connectivity index (χ0n) is 14.8. The van der Waals surface area contributed by atoms with Gasteiger partial charge in [0.1, 0.15) is 6.33 Å². The van der Waals surface area contributed by atoms with Crippen molar-refractivity contribution >= 4 is 23.4 Å². The van der Waals surface area contributed by atoms with E-state index in [1.165, 1.54) is 11.0 Å². The fourth-order valence-electron chi connectivity index (χ4n) is 3.31. The normalized spacial score (nSPS) is 14.8. The highest BCUT2D eigenvalue weighted by Crippen LogP contribution is 2.44. The number of hydrogen-bond donors (Lipinski definition) is 2. The third-order valence-electron chi connectivity index (χ3n) is 5.05. The number of hydrogen-bond acceptors (Lipinski definition) is 5. The van der Waals surface area contributed by atoms with Crippen LogP contribution in [0.4, 0.5) is 0 Å². The van der Waals surface area contributed by atoms with Crippen molar-refractivity contribution in [3.63, 3.8) is 0 Å². The fraction of sp³-hybridized carbons (Fsp3) is 0.211. The molecule has 1 aliphatic rings.